The highest BCUT2D eigenvalue weighted by atomic mass is 16.5. The Morgan fingerprint density at radius 2 is 1.57 bits per heavy atom. The molecule has 0 aromatic heterocycles. The molecule has 2 unspecified atom stereocenters. The van der Waals surface area contributed by atoms with Crippen LogP contribution in [0.2, 0.25) is 0 Å². The van der Waals surface area contributed by atoms with Gasteiger partial charge in [-0.3, -0.25) is 5.32 Å². The Kier molecular flexibility index (Phi) is 5.61. The van der Waals surface area contributed by atoms with E-state index < -0.39 is 0 Å². The standard InChI is InChI=1S/C24H32N2O2/c1-26(2)20-11-7-19(8-12-20)23-25-17-22(18-9-13-21(27-3)14-10-18)24(28-23)15-5-4-6-16-24/h7-14,22-23,25H,4-6,15-17H2,1-3H3. The molecule has 0 bridgehead atoms. The van der Waals surface area contributed by atoms with Gasteiger partial charge in [0.15, 0.2) is 0 Å². The number of nitrogens with zero attached hydrogens (tertiary/aromatic N) is 1. The van der Waals surface area contributed by atoms with Crippen LogP contribution in [0.3, 0.4) is 0 Å². The zero-order valence-corrected chi connectivity index (χ0v) is 17.3. The van der Waals surface area contributed by atoms with Crippen molar-refractivity contribution < 1.29 is 9.47 Å². The highest BCUT2D eigenvalue weighted by molar-refractivity contribution is 5.46. The lowest BCUT2D eigenvalue weighted by atomic mass is 9.71. The quantitative estimate of drug-likeness (QED) is 0.821. The van der Waals surface area contributed by atoms with Crippen LogP contribution in [0.1, 0.15) is 55.4 Å². The number of anilines is 1. The Labute approximate surface area is 168 Å². The van der Waals surface area contributed by atoms with E-state index in [9.17, 15) is 0 Å². The lowest BCUT2D eigenvalue weighted by molar-refractivity contribution is -0.168. The van der Waals surface area contributed by atoms with Crippen LogP contribution in [0, 0.1) is 0 Å². The predicted octanol–water partition coefficient (Wildman–Crippen LogP) is 4.87. The molecule has 2 aromatic carbocycles. The predicted molar refractivity (Wildman–Crippen MR) is 114 cm³/mol. The van der Waals surface area contributed by atoms with Crippen molar-refractivity contribution in [3.63, 3.8) is 0 Å². The monoisotopic (exact) mass is 380 g/mol. The fraction of sp³-hybridized carbons (Fsp3) is 0.500. The van der Waals surface area contributed by atoms with Crippen LogP contribution in [-0.4, -0.2) is 33.4 Å². The van der Waals surface area contributed by atoms with Crippen molar-refractivity contribution >= 4 is 5.69 Å². The lowest BCUT2D eigenvalue weighted by Crippen LogP contribution is -2.53. The van der Waals surface area contributed by atoms with E-state index in [1.54, 1.807) is 7.11 Å². The van der Waals surface area contributed by atoms with E-state index in [2.05, 4.69) is 72.8 Å². The summed E-state index contributed by atoms with van der Waals surface area (Å²) in [5.41, 5.74) is 3.69. The van der Waals surface area contributed by atoms with Gasteiger partial charge in [0, 0.05) is 32.2 Å². The van der Waals surface area contributed by atoms with E-state index in [4.69, 9.17) is 9.47 Å². The molecule has 2 aromatic rings. The Balaban J connectivity index is 1.59. The molecule has 4 heteroatoms. The summed E-state index contributed by atoms with van der Waals surface area (Å²) >= 11 is 0. The molecular weight excluding hydrogens is 348 g/mol. The van der Waals surface area contributed by atoms with Gasteiger partial charge in [-0.1, -0.05) is 43.5 Å². The maximum Gasteiger partial charge on any atom is 0.135 e. The highest BCUT2D eigenvalue weighted by Gasteiger charge is 2.46. The molecule has 150 valence electrons. The van der Waals surface area contributed by atoms with Gasteiger partial charge in [-0.2, -0.15) is 0 Å². The van der Waals surface area contributed by atoms with Gasteiger partial charge < -0.3 is 14.4 Å². The smallest absolute Gasteiger partial charge is 0.135 e. The number of hydrogen-bond donors (Lipinski definition) is 1. The summed E-state index contributed by atoms with van der Waals surface area (Å²) in [5.74, 6) is 1.28. The first kappa shape index (κ1) is 19.3. The van der Waals surface area contributed by atoms with E-state index in [-0.39, 0.29) is 11.8 Å². The van der Waals surface area contributed by atoms with Crippen LogP contribution in [0.5, 0.6) is 5.75 Å². The summed E-state index contributed by atoms with van der Waals surface area (Å²) in [6.07, 6.45) is 6.05. The maximum atomic E-state index is 6.87. The van der Waals surface area contributed by atoms with Gasteiger partial charge in [-0.25, -0.2) is 0 Å². The van der Waals surface area contributed by atoms with Crippen molar-refractivity contribution in [3.05, 3.63) is 59.7 Å². The molecule has 4 rings (SSSR count). The molecule has 1 N–H and O–H groups in total. The molecule has 1 saturated heterocycles. The topological polar surface area (TPSA) is 33.7 Å². The SMILES string of the molecule is COc1ccc(C2CNC(c3ccc(N(C)C)cc3)OC23CCCCC3)cc1. The third-order valence-corrected chi connectivity index (χ3v) is 6.43. The molecule has 2 aliphatic rings. The maximum absolute atomic E-state index is 6.87. The van der Waals surface area contributed by atoms with Crippen LogP contribution in [0.4, 0.5) is 5.69 Å². The third kappa shape index (κ3) is 3.76. The molecular formula is C24H32N2O2. The summed E-state index contributed by atoms with van der Waals surface area (Å²) < 4.78 is 12.2. The second-order valence-corrected chi connectivity index (χ2v) is 8.34. The second kappa shape index (κ2) is 8.14. The minimum atomic E-state index is -0.0804. The van der Waals surface area contributed by atoms with Crippen LogP contribution >= 0.6 is 0 Å². The average molecular weight is 381 g/mol. The van der Waals surface area contributed by atoms with E-state index in [0.29, 0.717) is 5.92 Å². The zero-order valence-electron chi connectivity index (χ0n) is 17.3. The van der Waals surface area contributed by atoms with Crippen LogP contribution in [0.15, 0.2) is 48.5 Å². The molecule has 1 spiro atoms. The average Bonchev–Trinajstić information content (AvgIpc) is 2.74. The van der Waals surface area contributed by atoms with Crippen molar-refractivity contribution in [2.75, 3.05) is 32.6 Å². The first-order valence-electron chi connectivity index (χ1n) is 10.4. The molecule has 1 aliphatic heterocycles. The van der Waals surface area contributed by atoms with Gasteiger partial charge in [0.05, 0.1) is 12.7 Å². The largest absolute Gasteiger partial charge is 0.497 e. The third-order valence-electron chi connectivity index (χ3n) is 6.43. The van der Waals surface area contributed by atoms with E-state index >= 15 is 0 Å². The first-order chi connectivity index (χ1) is 13.6. The minimum Gasteiger partial charge on any atom is -0.497 e. The zero-order chi connectivity index (χ0) is 19.6. The van der Waals surface area contributed by atoms with Crippen molar-refractivity contribution in [3.8, 4) is 5.75 Å². The van der Waals surface area contributed by atoms with Gasteiger partial charge in [0.1, 0.15) is 12.0 Å². The van der Waals surface area contributed by atoms with Crippen LogP contribution < -0.4 is 15.0 Å². The minimum absolute atomic E-state index is 0.0381. The molecule has 2 fully saturated rings. The number of methoxy groups -OCH3 is 1. The van der Waals surface area contributed by atoms with Crippen molar-refractivity contribution in [2.45, 2.75) is 49.9 Å². The molecule has 1 heterocycles. The fourth-order valence-corrected chi connectivity index (χ4v) is 4.78. The van der Waals surface area contributed by atoms with Crippen LogP contribution in [0.25, 0.3) is 0 Å². The Morgan fingerprint density at radius 3 is 2.18 bits per heavy atom. The molecule has 28 heavy (non-hydrogen) atoms. The second-order valence-electron chi connectivity index (χ2n) is 8.34. The molecule has 1 aliphatic carbocycles. The fourth-order valence-electron chi connectivity index (χ4n) is 4.78. The van der Waals surface area contributed by atoms with Gasteiger partial charge in [-0.15, -0.1) is 0 Å². The summed E-state index contributed by atoms with van der Waals surface area (Å²) in [7, 11) is 5.86. The summed E-state index contributed by atoms with van der Waals surface area (Å²) in [5, 5.41) is 3.67. The van der Waals surface area contributed by atoms with Gasteiger partial charge in [0.2, 0.25) is 0 Å². The highest BCUT2D eigenvalue weighted by Crippen LogP contribution is 2.47. The number of benzene rings is 2. The van der Waals surface area contributed by atoms with Gasteiger partial charge >= 0.3 is 0 Å². The Morgan fingerprint density at radius 1 is 0.929 bits per heavy atom. The van der Waals surface area contributed by atoms with E-state index in [1.807, 2.05) is 0 Å². The van der Waals surface area contributed by atoms with Crippen molar-refractivity contribution in [1.29, 1.82) is 0 Å². The summed E-state index contributed by atoms with van der Waals surface area (Å²) in [6, 6.07) is 17.3. The van der Waals surface area contributed by atoms with Gasteiger partial charge in [0.25, 0.3) is 0 Å². The number of rotatable bonds is 4. The van der Waals surface area contributed by atoms with E-state index in [1.165, 1.54) is 36.1 Å². The summed E-state index contributed by atoms with van der Waals surface area (Å²) in [4.78, 5) is 2.13. The van der Waals surface area contributed by atoms with Crippen LogP contribution in [-0.2, 0) is 4.74 Å². The molecule has 4 nitrogen and oxygen atoms in total. The number of ether oxygens (including phenoxy) is 2. The number of hydrogen-bond acceptors (Lipinski definition) is 4. The van der Waals surface area contributed by atoms with Crippen molar-refractivity contribution in [1.82, 2.24) is 5.32 Å². The van der Waals surface area contributed by atoms with E-state index in [0.717, 1.165) is 25.1 Å². The van der Waals surface area contributed by atoms with Crippen molar-refractivity contribution in [2.24, 2.45) is 0 Å². The van der Waals surface area contributed by atoms with Gasteiger partial charge in [-0.05, 0) is 48.2 Å². The molecule has 2 atom stereocenters. The number of nitrogens with one attached hydrogen (secondary N) is 1. The first-order valence-corrected chi connectivity index (χ1v) is 10.4. The normalized spacial score (nSPS) is 24.1. The molecule has 1 saturated carbocycles. The Bertz CT molecular complexity index is 764. The Hall–Kier alpha value is -2.04. The summed E-state index contributed by atoms with van der Waals surface area (Å²) in [6.45, 7) is 0.937. The molecule has 0 radical (unpaired) electrons. The molecule has 0 amide bonds. The lowest BCUT2D eigenvalue weighted by Gasteiger charge is -2.50.